The zero-order chi connectivity index (χ0) is 24.3. The summed E-state index contributed by atoms with van der Waals surface area (Å²) in [7, 11) is 0. The summed E-state index contributed by atoms with van der Waals surface area (Å²) in [6, 6.07) is 2.55. The maximum absolute atomic E-state index is 12.2. The highest BCUT2D eigenvalue weighted by molar-refractivity contribution is 6.00. The van der Waals surface area contributed by atoms with Gasteiger partial charge in [-0.2, -0.15) is 0 Å². The Bertz CT molecular complexity index is 1070. The lowest BCUT2D eigenvalue weighted by atomic mass is 9.44. The third-order valence-corrected chi connectivity index (χ3v) is 8.59. The van der Waals surface area contributed by atoms with Crippen molar-refractivity contribution in [1.82, 2.24) is 4.98 Å². The normalized spacial score (nSPS) is 32.8. The quantitative estimate of drug-likeness (QED) is 0.592. The molecule has 1 aliphatic heterocycles. The Morgan fingerprint density at radius 3 is 2.24 bits per heavy atom. The number of nitrogens with zero attached hydrogens (tertiary/aromatic N) is 1. The minimum absolute atomic E-state index is 0.0118. The van der Waals surface area contributed by atoms with Gasteiger partial charge in [-0.05, 0) is 67.9 Å². The van der Waals surface area contributed by atoms with Crippen LogP contribution in [0.25, 0.3) is 5.57 Å². The Kier molecular flexibility index (Phi) is 5.34. The first-order chi connectivity index (χ1) is 15.3. The van der Waals surface area contributed by atoms with Crippen molar-refractivity contribution in [2.24, 2.45) is 22.7 Å². The number of carbonyl (C=O) groups is 3. The van der Waals surface area contributed by atoms with Crippen molar-refractivity contribution < 1.29 is 34.4 Å². The molecule has 178 valence electrons. The molecule has 2 saturated carbocycles. The van der Waals surface area contributed by atoms with Crippen LogP contribution in [0.4, 0.5) is 0 Å². The second-order valence-electron chi connectivity index (χ2n) is 10.9. The predicted octanol–water partition coefficient (Wildman–Crippen LogP) is 4.70. The van der Waals surface area contributed by atoms with Gasteiger partial charge in [-0.25, -0.2) is 19.4 Å². The summed E-state index contributed by atoms with van der Waals surface area (Å²) in [5.74, 6) is -3.86. The molecule has 0 amide bonds. The summed E-state index contributed by atoms with van der Waals surface area (Å²) in [6.07, 6.45) is 5.25. The van der Waals surface area contributed by atoms with Crippen LogP contribution in [0.3, 0.4) is 0 Å². The molecular weight excluding hydrogens is 426 g/mol. The molecule has 4 atom stereocenters. The Labute approximate surface area is 192 Å². The van der Waals surface area contributed by atoms with E-state index in [4.69, 9.17) is 4.74 Å². The standard InChI is InChI=1S/C25H31NO7/c1-23(2)9-5-10-24(3)16(23)8-11-25(4)17(24)12-14(19(33-25)22(31)32)13-6-7-15(20(27)28)26-18(13)21(29)30/h6-7,16-17H,5,8-12H2,1-4H3,(H,27,28)(H,29,30)(H,31,32). The lowest BCUT2D eigenvalue weighted by Crippen LogP contribution is -2.59. The molecule has 0 bridgehead atoms. The SMILES string of the molecule is CC1(C)CCCC2(C)C1CCC1(C)OC(C(=O)O)=C(c3ccc(C(=O)O)nc3C(=O)O)CC12. The summed E-state index contributed by atoms with van der Waals surface area (Å²) >= 11 is 0. The van der Waals surface area contributed by atoms with Crippen LogP contribution in [0.15, 0.2) is 17.9 Å². The molecular formula is C25H31NO7. The Morgan fingerprint density at radius 1 is 0.939 bits per heavy atom. The zero-order valence-corrected chi connectivity index (χ0v) is 19.5. The van der Waals surface area contributed by atoms with E-state index in [0.717, 1.165) is 32.1 Å². The van der Waals surface area contributed by atoms with E-state index in [0.29, 0.717) is 12.3 Å². The minimum atomic E-state index is -1.41. The number of aromatic nitrogens is 1. The first-order valence-electron chi connectivity index (χ1n) is 11.4. The van der Waals surface area contributed by atoms with Crippen LogP contribution in [0.2, 0.25) is 0 Å². The number of allylic oxidation sites excluding steroid dienone is 1. The molecule has 1 aromatic rings. The van der Waals surface area contributed by atoms with Gasteiger partial charge in [-0.3, -0.25) is 0 Å². The lowest BCUT2D eigenvalue weighted by molar-refractivity contribution is -0.186. The van der Waals surface area contributed by atoms with Crippen molar-refractivity contribution in [3.05, 3.63) is 34.8 Å². The fourth-order valence-corrected chi connectivity index (χ4v) is 7.16. The largest absolute Gasteiger partial charge is 0.480 e. The van der Waals surface area contributed by atoms with Crippen LogP contribution in [0, 0.1) is 22.7 Å². The maximum atomic E-state index is 12.2. The molecule has 8 heteroatoms. The Morgan fingerprint density at radius 2 is 1.64 bits per heavy atom. The number of aliphatic carboxylic acids is 1. The molecule has 3 aliphatic rings. The fraction of sp³-hybridized carbons (Fsp3) is 0.600. The number of rotatable bonds is 4. The highest BCUT2D eigenvalue weighted by Crippen LogP contribution is 2.65. The van der Waals surface area contributed by atoms with Crippen LogP contribution in [-0.2, 0) is 9.53 Å². The molecule has 0 radical (unpaired) electrons. The maximum Gasteiger partial charge on any atom is 0.371 e. The highest BCUT2D eigenvalue weighted by Gasteiger charge is 2.61. The van der Waals surface area contributed by atoms with E-state index in [1.54, 1.807) is 0 Å². The van der Waals surface area contributed by atoms with Crippen molar-refractivity contribution in [1.29, 1.82) is 0 Å². The van der Waals surface area contributed by atoms with Gasteiger partial charge in [-0.1, -0.05) is 27.2 Å². The topological polar surface area (TPSA) is 134 Å². The fourth-order valence-electron chi connectivity index (χ4n) is 7.16. The number of carboxylic acid groups (broad SMARTS) is 3. The minimum Gasteiger partial charge on any atom is -0.480 e. The summed E-state index contributed by atoms with van der Waals surface area (Å²) in [4.78, 5) is 39.3. The average molecular weight is 458 g/mol. The Balaban J connectivity index is 1.88. The van der Waals surface area contributed by atoms with E-state index in [2.05, 4.69) is 25.8 Å². The second kappa shape index (κ2) is 7.57. The first-order valence-corrected chi connectivity index (χ1v) is 11.4. The Hall–Kier alpha value is -2.90. The van der Waals surface area contributed by atoms with Gasteiger partial charge in [0.2, 0.25) is 5.76 Å². The highest BCUT2D eigenvalue weighted by atomic mass is 16.5. The number of hydrogen-bond acceptors (Lipinski definition) is 5. The van der Waals surface area contributed by atoms with Crippen molar-refractivity contribution in [3.8, 4) is 0 Å². The van der Waals surface area contributed by atoms with Crippen molar-refractivity contribution in [2.45, 2.75) is 71.8 Å². The molecule has 33 heavy (non-hydrogen) atoms. The number of ether oxygens (including phenoxy) is 1. The average Bonchev–Trinajstić information content (AvgIpc) is 2.71. The van der Waals surface area contributed by atoms with Crippen LogP contribution in [0.1, 0.15) is 92.8 Å². The van der Waals surface area contributed by atoms with E-state index in [9.17, 15) is 29.7 Å². The molecule has 2 aliphatic carbocycles. The second-order valence-corrected chi connectivity index (χ2v) is 10.9. The monoisotopic (exact) mass is 457 g/mol. The van der Waals surface area contributed by atoms with E-state index in [1.807, 2.05) is 6.92 Å². The number of pyridine rings is 1. The van der Waals surface area contributed by atoms with Crippen LogP contribution < -0.4 is 0 Å². The van der Waals surface area contributed by atoms with Crippen molar-refractivity contribution in [2.75, 3.05) is 0 Å². The third kappa shape index (κ3) is 3.60. The summed E-state index contributed by atoms with van der Waals surface area (Å²) < 4.78 is 6.24. The van der Waals surface area contributed by atoms with Crippen molar-refractivity contribution in [3.63, 3.8) is 0 Å². The molecule has 2 heterocycles. The van der Waals surface area contributed by atoms with Gasteiger partial charge in [-0.15, -0.1) is 0 Å². The van der Waals surface area contributed by atoms with Gasteiger partial charge in [0, 0.05) is 17.1 Å². The number of fused-ring (bicyclic) bond motifs is 3. The molecule has 4 unspecified atom stereocenters. The van der Waals surface area contributed by atoms with Gasteiger partial charge in [0.05, 0.1) is 0 Å². The molecule has 0 spiro atoms. The van der Waals surface area contributed by atoms with Gasteiger partial charge in [0.25, 0.3) is 0 Å². The third-order valence-electron chi connectivity index (χ3n) is 8.59. The molecule has 3 N–H and O–H groups in total. The number of aromatic carboxylic acids is 2. The molecule has 4 rings (SSSR count). The van der Waals surface area contributed by atoms with Gasteiger partial charge >= 0.3 is 17.9 Å². The van der Waals surface area contributed by atoms with Gasteiger partial charge in [0.1, 0.15) is 11.3 Å². The van der Waals surface area contributed by atoms with Crippen LogP contribution in [0.5, 0.6) is 0 Å². The smallest absolute Gasteiger partial charge is 0.371 e. The molecule has 0 aromatic carbocycles. The number of carboxylic acids is 3. The van der Waals surface area contributed by atoms with Crippen molar-refractivity contribution >= 4 is 23.5 Å². The number of hydrogen-bond donors (Lipinski definition) is 3. The molecule has 0 saturated heterocycles. The van der Waals surface area contributed by atoms with E-state index in [-0.39, 0.29) is 33.6 Å². The van der Waals surface area contributed by atoms with Gasteiger partial charge < -0.3 is 20.1 Å². The van der Waals surface area contributed by atoms with Crippen LogP contribution in [-0.4, -0.2) is 43.8 Å². The van der Waals surface area contributed by atoms with E-state index >= 15 is 0 Å². The molecule has 8 nitrogen and oxygen atoms in total. The zero-order valence-electron chi connectivity index (χ0n) is 19.5. The molecule has 2 fully saturated rings. The predicted molar refractivity (Wildman–Crippen MR) is 119 cm³/mol. The molecule has 1 aromatic heterocycles. The summed E-state index contributed by atoms with van der Waals surface area (Å²) in [5, 5.41) is 29.0. The first kappa shape index (κ1) is 23.3. The van der Waals surface area contributed by atoms with Crippen LogP contribution >= 0.6 is 0 Å². The van der Waals surface area contributed by atoms with E-state index < -0.39 is 34.9 Å². The van der Waals surface area contributed by atoms with Gasteiger partial charge in [0.15, 0.2) is 5.69 Å². The summed E-state index contributed by atoms with van der Waals surface area (Å²) in [5.41, 5.74) is -1.12. The summed E-state index contributed by atoms with van der Waals surface area (Å²) in [6.45, 7) is 8.86. The lowest BCUT2D eigenvalue weighted by Gasteiger charge is -2.63. The van der Waals surface area contributed by atoms with E-state index in [1.165, 1.54) is 12.1 Å².